The van der Waals surface area contributed by atoms with E-state index in [1.165, 1.54) is 0 Å². The third kappa shape index (κ3) is 5.66. The minimum absolute atomic E-state index is 0.138. The molecule has 0 aliphatic rings. The van der Waals surface area contributed by atoms with Crippen LogP contribution in [0.15, 0.2) is 108 Å². The second-order valence-corrected chi connectivity index (χ2v) is 9.73. The van der Waals surface area contributed by atoms with Gasteiger partial charge in [-0.1, -0.05) is 91.0 Å². The van der Waals surface area contributed by atoms with Crippen LogP contribution < -0.4 is 4.72 Å². The van der Waals surface area contributed by atoms with Gasteiger partial charge in [0.25, 0.3) is 0 Å². The van der Waals surface area contributed by atoms with E-state index in [0.717, 1.165) is 21.9 Å². The Kier molecular flexibility index (Phi) is 6.87. The van der Waals surface area contributed by atoms with Crippen molar-refractivity contribution in [1.82, 2.24) is 9.62 Å². The van der Waals surface area contributed by atoms with Crippen molar-refractivity contribution in [3.05, 3.63) is 114 Å². The zero-order chi connectivity index (χ0) is 23.3. The summed E-state index contributed by atoms with van der Waals surface area (Å²) in [6.07, 6.45) is 0. The van der Waals surface area contributed by atoms with Gasteiger partial charge in [0.2, 0.25) is 15.9 Å². The Labute approximate surface area is 194 Å². The fraction of sp³-hybridized carbons (Fsp3) is 0.148. The lowest BCUT2D eigenvalue weighted by Crippen LogP contribution is -2.46. The molecule has 0 fully saturated rings. The number of hydrogen-bond donors (Lipinski definition) is 1. The summed E-state index contributed by atoms with van der Waals surface area (Å²) in [5, 5.41) is 1.78. The van der Waals surface area contributed by atoms with E-state index in [-0.39, 0.29) is 10.8 Å². The topological polar surface area (TPSA) is 66.5 Å². The summed E-state index contributed by atoms with van der Waals surface area (Å²) in [5.74, 6) is -0.285. The molecule has 0 aliphatic heterocycles. The molecule has 0 heterocycles. The number of hydrogen-bond acceptors (Lipinski definition) is 3. The van der Waals surface area contributed by atoms with Gasteiger partial charge in [-0.25, -0.2) is 8.42 Å². The number of carbonyl (C=O) groups excluding carboxylic acids is 1. The first-order valence-electron chi connectivity index (χ1n) is 10.8. The summed E-state index contributed by atoms with van der Waals surface area (Å²) in [5.41, 5.74) is 1.96. The first-order chi connectivity index (χ1) is 15.9. The van der Waals surface area contributed by atoms with Gasteiger partial charge in [-0.3, -0.25) is 4.79 Å². The molecule has 4 rings (SSSR count). The molecular formula is C27H26N2O3S. The summed E-state index contributed by atoms with van der Waals surface area (Å²) in [6.45, 7) is 2.36. The van der Waals surface area contributed by atoms with Crippen LogP contribution in [0, 0.1) is 0 Å². The lowest BCUT2D eigenvalue weighted by atomic mass is 10.1. The molecule has 0 aromatic heterocycles. The second-order valence-electron chi connectivity index (χ2n) is 8.02. The zero-order valence-corrected chi connectivity index (χ0v) is 19.2. The molecule has 0 bridgehead atoms. The number of benzene rings is 4. The van der Waals surface area contributed by atoms with Crippen LogP contribution in [-0.4, -0.2) is 25.3 Å². The molecule has 168 valence electrons. The molecule has 5 nitrogen and oxygen atoms in total. The molecule has 0 saturated heterocycles. The van der Waals surface area contributed by atoms with Gasteiger partial charge < -0.3 is 4.90 Å². The second kappa shape index (κ2) is 9.98. The van der Waals surface area contributed by atoms with E-state index < -0.39 is 16.1 Å². The van der Waals surface area contributed by atoms with Gasteiger partial charge in [0.05, 0.1) is 10.9 Å². The van der Waals surface area contributed by atoms with E-state index in [0.29, 0.717) is 13.1 Å². The number of nitrogens with one attached hydrogen (secondary N) is 1. The first kappa shape index (κ1) is 22.7. The predicted octanol–water partition coefficient (Wildman–Crippen LogP) is 4.74. The molecule has 6 heteroatoms. The monoisotopic (exact) mass is 458 g/mol. The lowest BCUT2D eigenvalue weighted by molar-refractivity contribution is -0.133. The maximum atomic E-state index is 13.4. The van der Waals surface area contributed by atoms with Crippen molar-refractivity contribution in [3.63, 3.8) is 0 Å². The molecule has 4 aromatic carbocycles. The molecule has 1 atom stereocenters. The Morgan fingerprint density at radius 3 is 1.85 bits per heavy atom. The molecule has 0 radical (unpaired) electrons. The SMILES string of the molecule is C[C@@H](NS(=O)(=O)c1ccc2ccccc2c1)C(=O)N(Cc1ccccc1)Cc1ccccc1. The summed E-state index contributed by atoms with van der Waals surface area (Å²) in [7, 11) is -3.87. The fourth-order valence-electron chi connectivity index (χ4n) is 3.78. The quantitative estimate of drug-likeness (QED) is 0.415. The van der Waals surface area contributed by atoms with Crippen LogP contribution in [0.3, 0.4) is 0 Å². The van der Waals surface area contributed by atoms with Gasteiger partial charge in [0.1, 0.15) is 0 Å². The molecular weight excluding hydrogens is 432 g/mol. The lowest BCUT2D eigenvalue weighted by Gasteiger charge is -2.26. The van der Waals surface area contributed by atoms with E-state index in [9.17, 15) is 13.2 Å². The van der Waals surface area contributed by atoms with Crippen molar-refractivity contribution in [2.45, 2.75) is 31.0 Å². The molecule has 0 saturated carbocycles. The number of fused-ring (bicyclic) bond motifs is 1. The molecule has 0 unspecified atom stereocenters. The molecule has 1 N–H and O–H groups in total. The van der Waals surface area contributed by atoms with E-state index >= 15 is 0 Å². The van der Waals surface area contributed by atoms with Gasteiger partial charge in [0.15, 0.2) is 0 Å². The third-order valence-corrected chi connectivity index (χ3v) is 7.02. The minimum Gasteiger partial charge on any atom is -0.333 e. The molecule has 33 heavy (non-hydrogen) atoms. The number of sulfonamides is 1. The summed E-state index contributed by atoms with van der Waals surface area (Å²) in [4.78, 5) is 15.2. The molecule has 4 aromatic rings. The van der Waals surface area contributed by atoms with Crippen LogP contribution in [0.25, 0.3) is 10.8 Å². The summed E-state index contributed by atoms with van der Waals surface area (Å²) >= 11 is 0. The Balaban J connectivity index is 1.55. The Hall–Kier alpha value is -3.48. The Bertz CT molecular complexity index is 1300. The van der Waals surface area contributed by atoms with Crippen molar-refractivity contribution >= 4 is 26.7 Å². The normalized spacial score (nSPS) is 12.4. The average Bonchev–Trinajstić information content (AvgIpc) is 2.84. The fourth-order valence-corrected chi connectivity index (χ4v) is 5.01. The summed E-state index contributed by atoms with van der Waals surface area (Å²) < 4.78 is 28.7. The predicted molar refractivity (Wildman–Crippen MR) is 131 cm³/mol. The van der Waals surface area contributed by atoms with Crippen LogP contribution >= 0.6 is 0 Å². The number of amides is 1. The van der Waals surface area contributed by atoms with Gasteiger partial charge in [0, 0.05) is 13.1 Å². The van der Waals surface area contributed by atoms with Gasteiger partial charge in [-0.2, -0.15) is 4.72 Å². The van der Waals surface area contributed by atoms with Gasteiger partial charge in [-0.15, -0.1) is 0 Å². The average molecular weight is 459 g/mol. The Morgan fingerprint density at radius 1 is 0.758 bits per heavy atom. The number of carbonyl (C=O) groups is 1. The molecule has 1 amide bonds. The highest BCUT2D eigenvalue weighted by molar-refractivity contribution is 7.89. The van der Waals surface area contributed by atoms with Crippen LogP contribution in [0.5, 0.6) is 0 Å². The van der Waals surface area contributed by atoms with Crippen molar-refractivity contribution < 1.29 is 13.2 Å². The maximum absolute atomic E-state index is 13.4. The van der Waals surface area contributed by atoms with Crippen molar-refractivity contribution in [2.75, 3.05) is 0 Å². The van der Waals surface area contributed by atoms with Crippen molar-refractivity contribution in [1.29, 1.82) is 0 Å². The van der Waals surface area contributed by atoms with Crippen LogP contribution in [0.4, 0.5) is 0 Å². The van der Waals surface area contributed by atoms with Crippen molar-refractivity contribution in [2.24, 2.45) is 0 Å². The maximum Gasteiger partial charge on any atom is 0.241 e. The van der Waals surface area contributed by atoms with E-state index in [4.69, 9.17) is 0 Å². The van der Waals surface area contributed by atoms with E-state index in [1.807, 2.05) is 84.9 Å². The third-order valence-electron chi connectivity index (χ3n) is 5.48. The van der Waals surface area contributed by atoms with E-state index in [1.54, 1.807) is 30.0 Å². The van der Waals surface area contributed by atoms with Crippen LogP contribution in [-0.2, 0) is 27.9 Å². The van der Waals surface area contributed by atoms with Gasteiger partial charge >= 0.3 is 0 Å². The van der Waals surface area contributed by atoms with Gasteiger partial charge in [-0.05, 0) is 41.0 Å². The molecule has 0 spiro atoms. The largest absolute Gasteiger partial charge is 0.333 e. The van der Waals surface area contributed by atoms with Crippen molar-refractivity contribution in [3.8, 4) is 0 Å². The highest BCUT2D eigenvalue weighted by Gasteiger charge is 2.26. The van der Waals surface area contributed by atoms with E-state index in [2.05, 4.69) is 4.72 Å². The zero-order valence-electron chi connectivity index (χ0n) is 18.4. The smallest absolute Gasteiger partial charge is 0.241 e. The summed E-state index contributed by atoms with van der Waals surface area (Å²) in [6, 6.07) is 31.0. The minimum atomic E-state index is -3.87. The van der Waals surface area contributed by atoms with Crippen LogP contribution in [0.2, 0.25) is 0 Å². The first-order valence-corrected chi connectivity index (χ1v) is 12.3. The molecule has 0 aliphatic carbocycles. The highest BCUT2D eigenvalue weighted by Crippen LogP contribution is 2.20. The number of nitrogens with zero attached hydrogens (tertiary/aromatic N) is 1. The highest BCUT2D eigenvalue weighted by atomic mass is 32.2. The van der Waals surface area contributed by atoms with Crippen LogP contribution in [0.1, 0.15) is 18.1 Å². The standard InChI is InChI=1S/C27H26N2O3S/c1-21(28-33(31,32)26-17-16-24-14-8-9-15-25(24)18-26)27(30)29(19-22-10-4-2-5-11-22)20-23-12-6-3-7-13-23/h2-18,21,28H,19-20H2,1H3/t21-/m1/s1. The Morgan fingerprint density at radius 2 is 1.27 bits per heavy atom. The number of rotatable bonds is 8.